The molecule has 0 aliphatic carbocycles. The van der Waals surface area contributed by atoms with Crippen LogP contribution in [0.1, 0.15) is 49.9 Å². The van der Waals surface area contributed by atoms with Crippen LogP contribution in [0.5, 0.6) is 0 Å². The predicted octanol–water partition coefficient (Wildman–Crippen LogP) is 2.84. The second-order valence-corrected chi connectivity index (χ2v) is 6.23. The molecule has 1 aromatic heterocycles. The molecule has 0 radical (unpaired) electrons. The normalized spacial score (nSPS) is 18.1. The predicted molar refractivity (Wildman–Crippen MR) is 84.5 cm³/mol. The number of nitrogens with one attached hydrogen (secondary N) is 1. The summed E-state index contributed by atoms with van der Waals surface area (Å²) in [7, 11) is 0. The number of aryl methyl sites for hydroxylation is 1. The van der Waals surface area contributed by atoms with E-state index in [9.17, 15) is 0 Å². The Hall–Kier alpha value is -1.68. The molecule has 0 unspecified atom stereocenters. The van der Waals surface area contributed by atoms with Crippen molar-refractivity contribution >= 4 is 0 Å². The molecule has 3 rings (SSSR count). The summed E-state index contributed by atoms with van der Waals surface area (Å²) >= 11 is 0. The van der Waals surface area contributed by atoms with Gasteiger partial charge in [0, 0.05) is 6.04 Å². The Balaban J connectivity index is 2.17. The highest BCUT2D eigenvalue weighted by Crippen LogP contribution is 2.40. The van der Waals surface area contributed by atoms with Gasteiger partial charge in [0.2, 0.25) is 0 Å². The highest BCUT2D eigenvalue weighted by atomic mass is 15.3. The highest BCUT2D eigenvalue weighted by molar-refractivity contribution is 5.34. The van der Waals surface area contributed by atoms with Crippen LogP contribution in [0.2, 0.25) is 0 Å². The van der Waals surface area contributed by atoms with Crippen LogP contribution in [0.15, 0.2) is 30.3 Å². The lowest BCUT2D eigenvalue weighted by Gasteiger charge is -2.38. The van der Waals surface area contributed by atoms with Crippen LogP contribution < -0.4 is 5.32 Å². The van der Waals surface area contributed by atoms with Gasteiger partial charge in [-0.05, 0) is 52.3 Å². The third-order valence-electron chi connectivity index (χ3n) is 4.59. The maximum atomic E-state index is 4.59. The minimum absolute atomic E-state index is 0.0158. The lowest BCUT2D eigenvalue weighted by atomic mass is 9.72. The fourth-order valence-electron chi connectivity index (χ4n) is 3.57. The van der Waals surface area contributed by atoms with Gasteiger partial charge in [-0.2, -0.15) is 0 Å². The molecule has 1 aliphatic rings. The standard InChI is InChI=1S/C17H24N4/c1-13(2)21-14(3)19-20-16(21)17(9-11-18-12-10-17)15-7-5-4-6-8-15/h4-8,13,18H,9-12H2,1-3H3. The first-order valence-electron chi connectivity index (χ1n) is 7.83. The van der Waals surface area contributed by atoms with E-state index in [1.165, 1.54) is 5.56 Å². The van der Waals surface area contributed by atoms with Gasteiger partial charge in [-0.1, -0.05) is 30.3 Å². The number of rotatable bonds is 3. The molecule has 2 heterocycles. The molecule has 112 valence electrons. The lowest BCUT2D eigenvalue weighted by Crippen LogP contribution is -2.42. The number of hydrogen-bond acceptors (Lipinski definition) is 3. The molecule has 1 saturated heterocycles. The van der Waals surface area contributed by atoms with Crippen LogP contribution in [0, 0.1) is 6.92 Å². The SMILES string of the molecule is Cc1nnc(C2(c3ccccc3)CCNCC2)n1C(C)C. The molecule has 4 heteroatoms. The van der Waals surface area contributed by atoms with Crippen molar-refractivity contribution in [2.75, 3.05) is 13.1 Å². The average molecular weight is 284 g/mol. The molecular weight excluding hydrogens is 260 g/mol. The van der Waals surface area contributed by atoms with Crippen LogP contribution >= 0.6 is 0 Å². The fourth-order valence-corrected chi connectivity index (χ4v) is 3.57. The molecule has 21 heavy (non-hydrogen) atoms. The van der Waals surface area contributed by atoms with Crippen LogP contribution in [0.4, 0.5) is 0 Å². The summed E-state index contributed by atoms with van der Waals surface area (Å²) in [5.74, 6) is 2.14. The van der Waals surface area contributed by atoms with E-state index < -0.39 is 0 Å². The summed E-state index contributed by atoms with van der Waals surface area (Å²) in [5, 5.41) is 12.4. The summed E-state index contributed by atoms with van der Waals surface area (Å²) in [5.41, 5.74) is 1.35. The Labute approximate surface area is 126 Å². The van der Waals surface area contributed by atoms with E-state index in [1.807, 2.05) is 0 Å². The minimum Gasteiger partial charge on any atom is -0.317 e. The number of aromatic nitrogens is 3. The van der Waals surface area contributed by atoms with Gasteiger partial charge in [-0.15, -0.1) is 10.2 Å². The van der Waals surface area contributed by atoms with Crippen molar-refractivity contribution < 1.29 is 0 Å². The van der Waals surface area contributed by atoms with E-state index in [0.29, 0.717) is 6.04 Å². The van der Waals surface area contributed by atoms with E-state index in [1.54, 1.807) is 0 Å². The van der Waals surface area contributed by atoms with Crippen molar-refractivity contribution in [3.63, 3.8) is 0 Å². The Morgan fingerprint density at radius 1 is 1.10 bits per heavy atom. The number of nitrogens with zero attached hydrogens (tertiary/aromatic N) is 3. The Morgan fingerprint density at radius 2 is 1.76 bits per heavy atom. The van der Waals surface area contributed by atoms with Crippen LogP contribution in [0.3, 0.4) is 0 Å². The number of piperidine rings is 1. The summed E-state index contributed by atoms with van der Waals surface area (Å²) in [6.07, 6.45) is 2.14. The molecule has 0 spiro atoms. The summed E-state index contributed by atoms with van der Waals surface area (Å²) in [4.78, 5) is 0. The maximum Gasteiger partial charge on any atom is 0.144 e. The molecule has 2 aromatic rings. The highest BCUT2D eigenvalue weighted by Gasteiger charge is 2.40. The first-order valence-corrected chi connectivity index (χ1v) is 7.83. The van der Waals surface area contributed by atoms with E-state index in [2.05, 4.69) is 71.2 Å². The maximum absolute atomic E-state index is 4.59. The van der Waals surface area contributed by atoms with Crippen molar-refractivity contribution in [2.24, 2.45) is 0 Å². The molecule has 0 saturated carbocycles. The zero-order valence-corrected chi connectivity index (χ0v) is 13.1. The molecular formula is C17H24N4. The Morgan fingerprint density at radius 3 is 2.38 bits per heavy atom. The van der Waals surface area contributed by atoms with Crippen molar-refractivity contribution in [1.82, 2.24) is 20.1 Å². The van der Waals surface area contributed by atoms with Crippen LogP contribution in [0.25, 0.3) is 0 Å². The minimum atomic E-state index is -0.0158. The van der Waals surface area contributed by atoms with Crippen molar-refractivity contribution in [3.8, 4) is 0 Å². The summed E-state index contributed by atoms with van der Waals surface area (Å²) in [6.45, 7) is 8.52. The molecule has 0 bridgehead atoms. The molecule has 1 aliphatic heterocycles. The second-order valence-electron chi connectivity index (χ2n) is 6.23. The number of benzene rings is 1. The van der Waals surface area contributed by atoms with E-state index in [0.717, 1.165) is 37.6 Å². The smallest absolute Gasteiger partial charge is 0.144 e. The monoisotopic (exact) mass is 284 g/mol. The van der Waals surface area contributed by atoms with Crippen LogP contribution in [-0.2, 0) is 5.41 Å². The fraction of sp³-hybridized carbons (Fsp3) is 0.529. The molecule has 1 aromatic carbocycles. The molecule has 4 nitrogen and oxygen atoms in total. The van der Waals surface area contributed by atoms with Crippen molar-refractivity contribution in [3.05, 3.63) is 47.5 Å². The van der Waals surface area contributed by atoms with E-state index in [-0.39, 0.29) is 5.41 Å². The first-order chi connectivity index (χ1) is 10.1. The average Bonchev–Trinajstić information content (AvgIpc) is 2.91. The van der Waals surface area contributed by atoms with Crippen LogP contribution in [-0.4, -0.2) is 27.9 Å². The second kappa shape index (κ2) is 5.60. The molecule has 0 atom stereocenters. The van der Waals surface area contributed by atoms with Gasteiger partial charge < -0.3 is 9.88 Å². The number of hydrogen-bond donors (Lipinski definition) is 1. The van der Waals surface area contributed by atoms with Gasteiger partial charge in [0.05, 0.1) is 5.41 Å². The molecule has 1 fully saturated rings. The summed E-state index contributed by atoms with van der Waals surface area (Å²) in [6, 6.07) is 11.2. The van der Waals surface area contributed by atoms with Crippen molar-refractivity contribution in [2.45, 2.75) is 45.1 Å². The topological polar surface area (TPSA) is 42.7 Å². The Kier molecular flexibility index (Phi) is 3.81. The van der Waals surface area contributed by atoms with Gasteiger partial charge in [-0.25, -0.2) is 0 Å². The zero-order valence-electron chi connectivity index (χ0n) is 13.1. The third kappa shape index (κ3) is 2.38. The van der Waals surface area contributed by atoms with E-state index >= 15 is 0 Å². The van der Waals surface area contributed by atoms with Crippen molar-refractivity contribution in [1.29, 1.82) is 0 Å². The summed E-state index contributed by atoms with van der Waals surface area (Å²) < 4.78 is 2.30. The first kappa shape index (κ1) is 14.3. The molecule has 0 amide bonds. The van der Waals surface area contributed by atoms with Gasteiger partial charge in [0.25, 0.3) is 0 Å². The van der Waals surface area contributed by atoms with Gasteiger partial charge >= 0.3 is 0 Å². The quantitative estimate of drug-likeness (QED) is 0.942. The lowest BCUT2D eigenvalue weighted by molar-refractivity contribution is 0.327. The van der Waals surface area contributed by atoms with Gasteiger partial charge in [-0.3, -0.25) is 0 Å². The van der Waals surface area contributed by atoms with Gasteiger partial charge in [0.1, 0.15) is 11.6 Å². The third-order valence-corrected chi connectivity index (χ3v) is 4.59. The van der Waals surface area contributed by atoms with Gasteiger partial charge in [0.15, 0.2) is 0 Å². The van der Waals surface area contributed by atoms with E-state index in [4.69, 9.17) is 0 Å². The largest absolute Gasteiger partial charge is 0.317 e. The zero-order chi connectivity index (χ0) is 14.9. The molecule has 1 N–H and O–H groups in total. The Bertz CT molecular complexity index is 595.